The maximum absolute atomic E-state index is 10.1. The Labute approximate surface area is 155 Å². The van der Waals surface area contributed by atoms with Crippen molar-refractivity contribution in [1.29, 1.82) is 0 Å². The summed E-state index contributed by atoms with van der Waals surface area (Å²) in [6, 6.07) is 3.58. The Morgan fingerprint density at radius 3 is 2.52 bits per heavy atom. The summed E-state index contributed by atoms with van der Waals surface area (Å²) in [7, 11) is 0. The molecule has 3 N–H and O–H groups in total. The van der Waals surface area contributed by atoms with E-state index < -0.39 is 0 Å². The molecule has 1 saturated carbocycles. The molecule has 5 nitrogen and oxygen atoms in total. The number of fused-ring (bicyclic) bond motifs is 1. The highest BCUT2D eigenvalue weighted by molar-refractivity contribution is 6.39. The van der Waals surface area contributed by atoms with Crippen LogP contribution in [0.3, 0.4) is 0 Å². The summed E-state index contributed by atoms with van der Waals surface area (Å²) in [5.74, 6) is 0.394. The molecule has 1 aliphatic rings. The van der Waals surface area contributed by atoms with Crippen molar-refractivity contribution >= 4 is 39.9 Å². The molecule has 0 aliphatic heterocycles. The highest BCUT2D eigenvalue weighted by atomic mass is 35.5. The molecule has 7 heteroatoms. The van der Waals surface area contributed by atoms with E-state index in [1.165, 1.54) is 0 Å². The number of hydrogen-bond donors (Lipinski definition) is 2. The highest BCUT2D eigenvalue weighted by Crippen LogP contribution is 2.46. The van der Waals surface area contributed by atoms with Crippen molar-refractivity contribution < 1.29 is 5.11 Å². The van der Waals surface area contributed by atoms with Crippen molar-refractivity contribution in [3.8, 4) is 11.1 Å². The van der Waals surface area contributed by atoms with Crippen molar-refractivity contribution in [1.82, 2.24) is 14.8 Å². The summed E-state index contributed by atoms with van der Waals surface area (Å²) in [6.07, 6.45) is 3.97. The third kappa shape index (κ3) is 2.67. The van der Waals surface area contributed by atoms with Gasteiger partial charge in [-0.3, -0.25) is 0 Å². The second kappa shape index (κ2) is 6.16. The molecule has 1 fully saturated rings. The summed E-state index contributed by atoms with van der Waals surface area (Å²) in [4.78, 5) is 4.84. The van der Waals surface area contributed by atoms with Crippen LogP contribution in [0.1, 0.15) is 36.9 Å². The monoisotopic (exact) mass is 376 g/mol. The average molecular weight is 377 g/mol. The van der Waals surface area contributed by atoms with Gasteiger partial charge in [0, 0.05) is 29.0 Å². The summed E-state index contributed by atoms with van der Waals surface area (Å²) in [5, 5.41) is 16.2. The van der Waals surface area contributed by atoms with Crippen LogP contribution in [0.4, 0.5) is 5.69 Å². The third-order valence-electron chi connectivity index (χ3n) is 4.71. The molecule has 1 aromatic carbocycles. The van der Waals surface area contributed by atoms with Gasteiger partial charge in [-0.15, -0.1) is 0 Å². The fourth-order valence-electron chi connectivity index (χ4n) is 3.29. The zero-order valence-corrected chi connectivity index (χ0v) is 15.3. The van der Waals surface area contributed by atoms with Gasteiger partial charge in [0.25, 0.3) is 0 Å². The largest absolute Gasteiger partial charge is 0.396 e. The fourth-order valence-corrected chi connectivity index (χ4v) is 3.78. The number of nitrogen functional groups attached to an aromatic ring is 1. The van der Waals surface area contributed by atoms with E-state index >= 15 is 0 Å². The van der Waals surface area contributed by atoms with Gasteiger partial charge in [-0.1, -0.05) is 23.2 Å². The van der Waals surface area contributed by atoms with Crippen molar-refractivity contribution in [2.24, 2.45) is 0 Å². The van der Waals surface area contributed by atoms with E-state index in [0.717, 1.165) is 52.8 Å². The van der Waals surface area contributed by atoms with Crippen LogP contribution in [0.5, 0.6) is 0 Å². The summed E-state index contributed by atoms with van der Waals surface area (Å²) >= 11 is 12.5. The van der Waals surface area contributed by atoms with E-state index in [1.807, 2.05) is 11.6 Å². The SMILES string of the molecule is CCn1ncc2c(-c3cc(Cl)c(N)c(Cl)c3)c(CO)c(C3CC3)nc21. The fraction of sp³-hybridized carbons (Fsp3) is 0.333. The van der Waals surface area contributed by atoms with Crippen LogP contribution in [0.2, 0.25) is 10.0 Å². The quantitative estimate of drug-likeness (QED) is 0.662. The van der Waals surface area contributed by atoms with Gasteiger partial charge in [0.1, 0.15) is 0 Å². The molecule has 1 aliphatic carbocycles. The van der Waals surface area contributed by atoms with E-state index in [9.17, 15) is 5.11 Å². The Morgan fingerprint density at radius 2 is 1.96 bits per heavy atom. The van der Waals surface area contributed by atoms with Gasteiger partial charge in [-0.25, -0.2) is 9.67 Å². The summed E-state index contributed by atoms with van der Waals surface area (Å²) in [5.41, 5.74) is 10.5. The maximum Gasteiger partial charge on any atom is 0.158 e. The zero-order valence-electron chi connectivity index (χ0n) is 13.8. The van der Waals surface area contributed by atoms with Gasteiger partial charge < -0.3 is 10.8 Å². The van der Waals surface area contributed by atoms with Crippen LogP contribution >= 0.6 is 23.2 Å². The zero-order chi connectivity index (χ0) is 17.7. The first-order valence-corrected chi connectivity index (χ1v) is 9.04. The number of pyridine rings is 1. The minimum absolute atomic E-state index is 0.0962. The van der Waals surface area contributed by atoms with Gasteiger partial charge in [-0.05, 0) is 37.5 Å². The number of aliphatic hydroxyl groups is 1. The van der Waals surface area contributed by atoms with E-state index in [-0.39, 0.29) is 6.61 Å². The predicted molar refractivity (Wildman–Crippen MR) is 101 cm³/mol. The Kier molecular flexibility index (Phi) is 4.10. The third-order valence-corrected chi connectivity index (χ3v) is 5.33. The number of hydrogen-bond acceptors (Lipinski definition) is 4. The maximum atomic E-state index is 10.1. The molecular formula is C18H18Cl2N4O. The lowest BCUT2D eigenvalue weighted by molar-refractivity contribution is 0.280. The molecule has 0 spiro atoms. The van der Waals surface area contributed by atoms with E-state index in [0.29, 0.717) is 21.7 Å². The molecule has 0 radical (unpaired) electrons. The number of aromatic nitrogens is 3. The molecule has 0 amide bonds. The number of halogens is 2. The minimum Gasteiger partial charge on any atom is -0.396 e. The van der Waals surface area contributed by atoms with Crippen LogP contribution in [-0.4, -0.2) is 19.9 Å². The number of nitrogens with two attached hydrogens (primary N) is 1. The lowest BCUT2D eigenvalue weighted by Crippen LogP contribution is -2.04. The molecular weight excluding hydrogens is 359 g/mol. The van der Waals surface area contributed by atoms with Crippen molar-refractivity contribution in [2.75, 3.05) is 5.73 Å². The van der Waals surface area contributed by atoms with Gasteiger partial charge in [-0.2, -0.15) is 5.10 Å². The normalized spacial score (nSPS) is 14.4. The summed E-state index contributed by atoms with van der Waals surface area (Å²) < 4.78 is 1.87. The highest BCUT2D eigenvalue weighted by Gasteiger charge is 2.31. The molecule has 130 valence electrons. The molecule has 0 atom stereocenters. The lowest BCUT2D eigenvalue weighted by Gasteiger charge is -2.16. The van der Waals surface area contributed by atoms with Gasteiger partial charge in [0.15, 0.2) is 5.65 Å². The van der Waals surface area contributed by atoms with E-state index in [2.05, 4.69) is 5.10 Å². The lowest BCUT2D eigenvalue weighted by atomic mass is 9.95. The van der Waals surface area contributed by atoms with Crippen molar-refractivity contribution in [2.45, 2.75) is 38.8 Å². The Morgan fingerprint density at radius 1 is 1.28 bits per heavy atom. The molecule has 0 saturated heterocycles. The Hall–Kier alpha value is -1.82. The Balaban J connectivity index is 2.09. The first kappa shape index (κ1) is 16.6. The van der Waals surface area contributed by atoms with Crippen LogP contribution in [0.25, 0.3) is 22.2 Å². The Bertz CT molecular complexity index is 956. The van der Waals surface area contributed by atoms with E-state index in [1.54, 1.807) is 18.3 Å². The van der Waals surface area contributed by atoms with Crippen LogP contribution in [0.15, 0.2) is 18.3 Å². The van der Waals surface area contributed by atoms with Crippen LogP contribution < -0.4 is 5.73 Å². The molecule has 2 aromatic heterocycles. The van der Waals surface area contributed by atoms with Gasteiger partial charge in [0.05, 0.1) is 34.2 Å². The molecule has 0 unspecified atom stereocenters. The predicted octanol–water partition coefficient (Wildman–Crippen LogP) is 4.38. The van der Waals surface area contributed by atoms with Crippen LogP contribution in [-0.2, 0) is 13.2 Å². The topological polar surface area (TPSA) is 77.0 Å². The first-order chi connectivity index (χ1) is 12.0. The number of nitrogens with zero attached hydrogens (tertiary/aromatic N) is 3. The van der Waals surface area contributed by atoms with Gasteiger partial charge in [0.2, 0.25) is 0 Å². The smallest absolute Gasteiger partial charge is 0.158 e. The van der Waals surface area contributed by atoms with Gasteiger partial charge >= 0.3 is 0 Å². The van der Waals surface area contributed by atoms with Crippen molar-refractivity contribution in [3.05, 3.63) is 39.6 Å². The molecule has 3 aromatic rings. The number of rotatable bonds is 4. The molecule has 4 rings (SSSR count). The standard InChI is InChI=1S/C18H18Cl2N4O/c1-2-24-18-11(7-22-24)15(10-5-13(19)16(21)14(20)6-10)12(8-25)17(23-18)9-3-4-9/h5-7,9,25H,2-4,8,21H2,1H3. The molecule has 0 bridgehead atoms. The average Bonchev–Trinajstić information content (AvgIpc) is 3.37. The number of aliphatic hydroxyl groups excluding tert-OH is 1. The molecule has 2 heterocycles. The second-order valence-electron chi connectivity index (χ2n) is 6.33. The van der Waals surface area contributed by atoms with Crippen LogP contribution in [0, 0.1) is 0 Å². The molecule has 25 heavy (non-hydrogen) atoms. The second-order valence-corrected chi connectivity index (χ2v) is 7.15. The first-order valence-electron chi connectivity index (χ1n) is 8.29. The number of anilines is 1. The van der Waals surface area contributed by atoms with Crippen molar-refractivity contribution in [3.63, 3.8) is 0 Å². The minimum atomic E-state index is -0.0962. The summed E-state index contributed by atoms with van der Waals surface area (Å²) in [6.45, 7) is 2.66. The number of aryl methyl sites for hydroxylation is 1. The number of benzene rings is 1. The van der Waals surface area contributed by atoms with E-state index in [4.69, 9.17) is 33.9 Å².